The highest BCUT2D eigenvalue weighted by Gasteiger charge is 2.38. The van der Waals surface area contributed by atoms with Crippen LogP contribution in [0.1, 0.15) is 34.3 Å². The Bertz CT molecular complexity index is 655. The molecule has 3 rings (SSSR count). The number of aryl methyl sites for hydroxylation is 2. The van der Waals surface area contributed by atoms with Crippen LogP contribution in [0.5, 0.6) is 0 Å². The maximum absolute atomic E-state index is 12.9. The summed E-state index contributed by atoms with van der Waals surface area (Å²) in [7, 11) is 0. The molecular formula is C19H26N2O4. The van der Waals surface area contributed by atoms with Crippen molar-refractivity contribution in [1.82, 2.24) is 9.80 Å². The van der Waals surface area contributed by atoms with Gasteiger partial charge >= 0.3 is 5.97 Å². The molecule has 6 nitrogen and oxygen atoms in total. The second kappa shape index (κ2) is 7.54. The number of carboxylic acid groups (broad SMARTS) is 1. The van der Waals surface area contributed by atoms with Gasteiger partial charge in [0.25, 0.3) is 5.91 Å². The summed E-state index contributed by atoms with van der Waals surface area (Å²) in [4.78, 5) is 28.5. The van der Waals surface area contributed by atoms with Crippen LogP contribution in [0.4, 0.5) is 0 Å². The standard InChI is InChI=1S/C19H26N2O4/c1-13-3-4-15(11-14(13)2)18(22)21-6-5-16(12-17(21)19(23)24)20-7-9-25-10-8-20/h3-4,11,16-17H,5-10,12H2,1-2H3,(H,23,24)/t16-,17-/m0/s1. The van der Waals surface area contributed by atoms with Crippen molar-refractivity contribution < 1.29 is 19.4 Å². The Kier molecular flexibility index (Phi) is 5.39. The van der Waals surface area contributed by atoms with Gasteiger partial charge in [-0.15, -0.1) is 0 Å². The average molecular weight is 346 g/mol. The summed E-state index contributed by atoms with van der Waals surface area (Å²) >= 11 is 0. The molecule has 2 saturated heterocycles. The van der Waals surface area contributed by atoms with Gasteiger partial charge in [0.2, 0.25) is 0 Å². The second-order valence-corrected chi connectivity index (χ2v) is 6.98. The Morgan fingerprint density at radius 3 is 2.48 bits per heavy atom. The zero-order valence-electron chi connectivity index (χ0n) is 14.9. The summed E-state index contributed by atoms with van der Waals surface area (Å²) in [5.74, 6) is -1.11. The van der Waals surface area contributed by atoms with Crippen molar-refractivity contribution in [2.45, 2.75) is 38.8 Å². The van der Waals surface area contributed by atoms with E-state index in [9.17, 15) is 14.7 Å². The maximum atomic E-state index is 12.9. The second-order valence-electron chi connectivity index (χ2n) is 6.98. The summed E-state index contributed by atoms with van der Waals surface area (Å²) in [6.07, 6.45) is 1.28. The highest BCUT2D eigenvalue weighted by atomic mass is 16.5. The molecule has 25 heavy (non-hydrogen) atoms. The molecule has 0 aliphatic carbocycles. The van der Waals surface area contributed by atoms with Crippen LogP contribution in [-0.4, -0.2) is 71.7 Å². The highest BCUT2D eigenvalue weighted by Crippen LogP contribution is 2.25. The van der Waals surface area contributed by atoms with Crippen molar-refractivity contribution >= 4 is 11.9 Å². The summed E-state index contributed by atoms with van der Waals surface area (Å²) < 4.78 is 5.38. The Hall–Kier alpha value is -1.92. The van der Waals surface area contributed by atoms with E-state index in [0.29, 0.717) is 31.7 Å². The Balaban J connectivity index is 1.75. The van der Waals surface area contributed by atoms with Crippen molar-refractivity contribution in [3.05, 3.63) is 34.9 Å². The lowest BCUT2D eigenvalue weighted by atomic mass is 9.94. The Labute approximate surface area is 148 Å². The monoisotopic (exact) mass is 346 g/mol. The van der Waals surface area contributed by atoms with Gasteiger partial charge in [-0.25, -0.2) is 4.79 Å². The average Bonchev–Trinajstić information content (AvgIpc) is 2.63. The fraction of sp³-hybridized carbons (Fsp3) is 0.579. The van der Waals surface area contributed by atoms with E-state index in [1.54, 1.807) is 6.07 Å². The SMILES string of the molecule is Cc1ccc(C(=O)N2CC[C@H](N3CCOCC3)C[C@H]2C(=O)O)cc1C. The lowest BCUT2D eigenvalue weighted by Gasteiger charge is -2.43. The fourth-order valence-corrected chi connectivity index (χ4v) is 3.74. The number of hydrogen-bond acceptors (Lipinski definition) is 4. The molecule has 1 N–H and O–H groups in total. The van der Waals surface area contributed by atoms with Crippen molar-refractivity contribution in [3.8, 4) is 0 Å². The van der Waals surface area contributed by atoms with Gasteiger partial charge in [0.05, 0.1) is 13.2 Å². The molecule has 1 aromatic carbocycles. The van der Waals surface area contributed by atoms with Gasteiger partial charge in [0, 0.05) is 31.2 Å². The van der Waals surface area contributed by atoms with E-state index in [1.165, 1.54) is 4.90 Å². The number of piperidine rings is 1. The first kappa shape index (κ1) is 17.9. The molecule has 0 saturated carbocycles. The fourth-order valence-electron chi connectivity index (χ4n) is 3.74. The molecule has 2 heterocycles. The third-order valence-electron chi connectivity index (χ3n) is 5.44. The first-order valence-electron chi connectivity index (χ1n) is 8.90. The van der Waals surface area contributed by atoms with Gasteiger partial charge < -0.3 is 14.7 Å². The maximum Gasteiger partial charge on any atom is 0.326 e. The molecule has 0 aromatic heterocycles. The quantitative estimate of drug-likeness (QED) is 0.902. The van der Waals surface area contributed by atoms with Gasteiger partial charge in [0.15, 0.2) is 0 Å². The van der Waals surface area contributed by atoms with Gasteiger partial charge in [0.1, 0.15) is 6.04 Å². The molecule has 1 amide bonds. The first-order valence-corrected chi connectivity index (χ1v) is 8.90. The molecule has 0 bridgehead atoms. The number of carbonyl (C=O) groups is 2. The highest BCUT2D eigenvalue weighted by molar-refractivity contribution is 5.97. The lowest BCUT2D eigenvalue weighted by Crippen LogP contribution is -2.56. The lowest BCUT2D eigenvalue weighted by molar-refractivity contribution is -0.144. The van der Waals surface area contributed by atoms with Crippen molar-refractivity contribution in [2.75, 3.05) is 32.8 Å². The molecule has 0 radical (unpaired) electrons. The van der Waals surface area contributed by atoms with Crippen LogP contribution in [0.3, 0.4) is 0 Å². The number of ether oxygens (including phenoxy) is 1. The van der Waals surface area contributed by atoms with Crippen LogP contribution in [-0.2, 0) is 9.53 Å². The number of benzene rings is 1. The number of aliphatic carboxylic acids is 1. The van der Waals surface area contributed by atoms with Crippen LogP contribution in [0, 0.1) is 13.8 Å². The molecule has 136 valence electrons. The van der Waals surface area contributed by atoms with Crippen LogP contribution in [0.15, 0.2) is 18.2 Å². The minimum atomic E-state index is -0.921. The van der Waals surface area contributed by atoms with Gasteiger partial charge in [-0.05, 0) is 49.9 Å². The minimum absolute atomic E-state index is 0.184. The molecular weight excluding hydrogens is 320 g/mol. The number of rotatable bonds is 3. The molecule has 2 aliphatic rings. The largest absolute Gasteiger partial charge is 0.480 e. The zero-order valence-corrected chi connectivity index (χ0v) is 14.9. The summed E-state index contributed by atoms with van der Waals surface area (Å²) in [5, 5.41) is 9.68. The molecule has 1 aromatic rings. The smallest absolute Gasteiger partial charge is 0.326 e. The van der Waals surface area contributed by atoms with Crippen LogP contribution in [0.25, 0.3) is 0 Å². The van der Waals surface area contributed by atoms with Gasteiger partial charge in [-0.1, -0.05) is 6.07 Å². The third kappa shape index (κ3) is 3.85. The van der Waals surface area contributed by atoms with E-state index in [0.717, 1.165) is 30.6 Å². The number of carbonyl (C=O) groups excluding carboxylic acids is 1. The van der Waals surface area contributed by atoms with Crippen LogP contribution in [0.2, 0.25) is 0 Å². The summed E-state index contributed by atoms with van der Waals surface area (Å²) in [5.41, 5.74) is 2.73. The topological polar surface area (TPSA) is 70.1 Å². The number of morpholine rings is 1. The van der Waals surface area contributed by atoms with E-state index in [2.05, 4.69) is 4.90 Å². The molecule has 0 spiro atoms. The zero-order chi connectivity index (χ0) is 18.0. The third-order valence-corrected chi connectivity index (χ3v) is 5.44. The summed E-state index contributed by atoms with van der Waals surface area (Å²) in [6, 6.07) is 4.99. The number of nitrogens with zero attached hydrogens (tertiary/aromatic N) is 2. The Morgan fingerprint density at radius 2 is 1.84 bits per heavy atom. The molecule has 0 unspecified atom stereocenters. The van der Waals surface area contributed by atoms with E-state index in [4.69, 9.17) is 4.74 Å². The van der Waals surface area contributed by atoms with Crippen molar-refractivity contribution in [3.63, 3.8) is 0 Å². The minimum Gasteiger partial charge on any atom is -0.480 e. The van der Waals surface area contributed by atoms with Gasteiger partial charge in [-0.2, -0.15) is 0 Å². The molecule has 2 atom stereocenters. The number of likely N-dealkylation sites (tertiary alicyclic amines) is 1. The van der Waals surface area contributed by atoms with Crippen LogP contribution >= 0.6 is 0 Å². The van der Waals surface area contributed by atoms with Gasteiger partial charge in [-0.3, -0.25) is 9.69 Å². The molecule has 2 aliphatic heterocycles. The van der Waals surface area contributed by atoms with E-state index in [1.807, 2.05) is 26.0 Å². The number of carboxylic acids is 1. The first-order chi connectivity index (χ1) is 12.0. The summed E-state index contributed by atoms with van der Waals surface area (Å²) in [6.45, 7) is 7.50. The Morgan fingerprint density at radius 1 is 1.12 bits per heavy atom. The molecule has 2 fully saturated rings. The predicted molar refractivity (Wildman–Crippen MR) is 93.8 cm³/mol. The number of amides is 1. The predicted octanol–water partition coefficient (Wildman–Crippen LogP) is 1.69. The van der Waals surface area contributed by atoms with E-state index >= 15 is 0 Å². The number of hydrogen-bond donors (Lipinski definition) is 1. The van der Waals surface area contributed by atoms with Crippen molar-refractivity contribution in [2.24, 2.45) is 0 Å². The van der Waals surface area contributed by atoms with E-state index in [-0.39, 0.29) is 11.9 Å². The van der Waals surface area contributed by atoms with E-state index < -0.39 is 12.0 Å². The molecule has 6 heteroatoms. The normalized spacial score (nSPS) is 25.0. The van der Waals surface area contributed by atoms with Crippen molar-refractivity contribution in [1.29, 1.82) is 0 Å². The van der Waals surface area contributed by atoms with Crippen LogP contribution < -0.4 is 0 Å².